The number of benzene rings is 2. The number of unbranched alkanes of at least 4 members (excludes halogenated alkanes) is 3. The van der Waals surface area contributed by atoms with Gasteiger partial charge in [-0.05, 0) is 61.5 Å². The number of thiocarbonyl (C=S) groups is 2. The minimum atomic E-state index is 0.676. The van der Waals surface area contributed by atoms with Crippen LogP contribution in [0, 0.1) is 0 Å². The monoisotopic (exact) mass is 386 g/mol. The fourth-order valence-corrected chi connectivity index (χ4v) is 2.84. The lowest BCUT2D eigenvalue weighted by molar-refractivity contribution is 0.625. The zero-order valence-corrected chi connectivity index (χ0v) is 16.5. The first-order valence-electron chi connectivity index (χ1n) is 8.94. The summed E-state index contributed by atoms with van der Waals surface area (Å²) < 4.78 is 0. The van der Waals surface area contributed by atoms with Crippen molar-refractivity contribution in [2.45, 2.75) is 25.7 Å². The van der Waals surface area contributed by atoms with E-state index < -0.39 is 0 Å². The van der Waals surface area contributed by atoms with Gasteiger partial charge >= 0.3 is 0 Å². The molecule has 0 atom stereocenters. The van der Waals surface area contributed by atoms with Crippen LogP contribution in [0.3, 0.4) is 0 Å². The molecule has 0 aromatic heterocycles. The molecule has 2 rings (SSSR count). The van der Waals surface area contributed by atoms with E-state index in [1.54, 1.807) is 0 Å². The van der Waals surface area contributed by atoms with Gasteiger partial charge in [-0.25, -0.2) is 0 Å². The van der Waals surface area contributed by atoms with Gasteiger partial charge < -0.3 is 21.3 Å². The predicted octanol–water partition coefficient (Wildman–Crippen LogP) is 4.52. The van der Waals surface area contributed by atoms with Crippen LogP contribution in [0.1, 0.15) is 25.7 Å². The van der Waals surface area contributed by atoms with Crippen LogP contribution in [0.15, 0.2) is 60.7 Å². The van der Waals surface area contributed by atoms with Crippen molar-refractivity contribution in [1.29, 1.82) is 0 Å². The lowest BCUT2D eigenvalue weighted by Gasteiger charge is -2.11. The SMILES string of the molecule is S=C(NCCCCCCNC(=S)Nc1ccccc1)Nc1ccccc1. The first-order chi connectivity index (χ1) is 12.7. The van der Waals surface area contributed by atoms with Crippen molar-refractivity contribution in [2.24, 2.45) is 0 Å². The second-order valence-electron chi connectivity index (χ2n) is 5.91. The normalized spacial score (nSPS) is 10.0. The highest BCUT2D eigenvalue weighted by molar-refractivity contribution is 7.80. The molecule has 0 spiro atoms. The van der Waals surface area contributed by atoms with Gasteiger partial charge in [0.25, 0.3) is 0 Å². The Bertz CT molecular complexity index is 603. The highest BCUT2D eigenvalue weighted by atomic mass is 32.1. The van der Waals surface area contributed by atoms with Crippen LogP contribution in [0.25, 0.3) is 0 Å². The molecule has 0 radical (unpaired) electrons. The summed E-state index contributed by atoms with van der Waals surface area (Å²) in [6.07, 6.45) is 4.54. The van der Waals surface area contributed by atoms with Crippen LogP contribution in [0.5, 0.6) is 0 Å². The molecule has 4 nitrogen and oxygen atoms in total. The van der Waals surface area contributed by atoms with Crippen molar-refractivity contribution in [1.82, 2.24) is 10.6 Å². The Balaban J connectivity index is 1.43. The van der Waals surface area contributed by atoms with Gasteiger partial charge in [-0.2, -0.15) is 0 Å². The Hall–Kier alpha value is -2.18. The van der Waals surface area contributed by atoms with Gasteiger partial charge in [0.2, 0.25) is 0 Å². The summed E-state index contributed by atoms with van der Waals surface area (Å²) in [6, 6.07) is 19.9. The van der Waals surface area contributed by atoms with Crippen LogP contribution in [-0.4, -0.2) is 23.3 Å². The molecule has 2 aromatic carbocycles. The highest BCUT2D eigenvalue weighted by Gasteiger charge is 1.98. The second-order valence-corrected chi connectivity index (χ2v) is 6.72. The van der Waals surface area contributed by atoms with E-state index in [0.29, 0.717) is 10.2 Å². The van der Waals surface area contributed by atoms with Crippen LogP contribution in [0.4, 0.5) is 11.4 Å². The topological polar surface area (TPSA) is 48.1 Å². The number of rotatable bonds is 9. The number of hydrogen-bond acceptors (Lipinski definition) is 2. The zero-order valence-electron chi connectivity index (χ0n) is 14.8. The molecule has 0 unspecified atom stereocenters. The molecule has 26 heavy (non-hydrogen) atoms. The first kappa shape index (κ1) is 20.1. The summed E-state index contributed by atoms with van der Waals surface area (Å²) in [7, 11) is 0. The van der Waals surface area contributed by atoms with Crippen LogP contribution < -0.4 is 21.3 Å². The van der Waals surface area contributed by atoms with Crippen molar-refractivity contribution in [3.63, 3.8) is 0 Å². The predicted molar refractivity (Wildman–Crippen MR) is 120 cm³/mol. The number of anilines is 2. The summed E-state index contributed by atoms with van der Waals surface area (Å²) in [6.45, 7) is 1.78. The van der Waals surface area contributed by atoms with Gasteiger partial charge in [-0.3, -0.25) is 0 Å². The van der Waals surface area contributed by atoms with Gasteiger partial charge in [0.15, 0.2) is 10.2 Å². The minimum absolute atomic E-state index is 0.676. The average Bonchev–Trinajstić information content (AvgIpc) is 2.65. The maximum Gasteiger partial charge on any atom is 0.170 e. The van der Waals surface area contributed by atoms with E-state index in [-0.39, 0.29) is 0 Å². The van der Waals surface area contributed by atoms with E-state index in [1.165, 1.54) is 12.8 Å². The Morgan fingerprint density at radius 3 is 1.35 bits per heavy atom. The smallest absolute Gasteiger partial charge is 0.170 e. The third-order valence-corrected chi connectivity index (χ3v) is 4.23. The molecule has 0 saturated carbocycles. The van der Waals surface area contributed by atoms with Crippen LogP contribution in [-0.2, 0) is 0 Å². The summed E-state index contributed by atoms with van der Waals surface area (Å²) in [5.74, 6) is 0. The van der Waals surface area contributed by atoms with E-state index in [1.807, 2.05) is 60.7 Å². The lowest BCUT2D eigenvalue weighted by atomic mass is 10.2. The third-order valence-electron chi connectivity index (χ3n) is 3.74. The van der Waals surface area contributed by atoms with Crippen molar-refractivity contribution in [2.75, 3.05) is 23.7 Å². The first-order valence-corrected chi connectivity index (χ1v) is 9.75. The summed E-state index contributed by atoms with van der Waals surface area (Å²) in [5.41, 5.74) is 2.02. The molecule has 0 fully saturated rings. The van der Waals surface area contributed by atoms with Crippen molar-refractivity contribution >= 4 is 46.0 Å². The maximum absolute atomic E-state index is 5.28. The molecule has 6 heteroatoms. The molecule has 0 heterocycles. The quantitative estimate of drug-likeness (QED) is 0.375. The summed E-state index contributed by atoms with van der Waals surface area (Å²) in [5, 5.41) is 14.2. The lowest BCUT2D eigenvalue weighted by Crippen LogP contribution is -2.29. The molecular formula is C20H26N4S2. The van der Waals surface area contributed by atoms with Crippen molar-refractivity contribution in [3.05, 3.63) is 60.7 Å². The molecule has 0 aliphatic heterocycles. The van der Waals surface area contributed by atoms with E-state index in [4.69, 9.17) is 24.4 Å². The maximum atomic E-state index is 5.28. The molecule has 0 aliphatic rings. The highest BCUT2D eigenvalue weighted by Crippen LogP contribution is 2.05. The van der Waals surface area contributed by atoms with E-state index in [0.717, 1.165) is 37.3 Å². The molecule has 0 amide bonds. The molecule has 138 valence electrons. The Kier molecular flexibility index (Phi) is 9.46. The van der Waals surface area contributed by atoms with E-state index in [9.17, 15) is 0 Å². The molecule has 0 saturated heterocycles. The molecular weight excluding hydrogens is 360 g/mol. The van der Waals surface area contributed by atoms with E-state index >= 15 is 0 Å². The fraction of sp³-hybridized carbons (Fsp3) is 0.300. The zero-order chi connectivity index (χ0) is 18.5. The standard InChI is InChI=1S/C20H26N4S2/c25-19(23-17-11-5-3-6-12-17)21-15-9-1-2-10-16-22-20(26)24-18-13-7-4-8-14-18/h3-8,11-14H,1-2,9-10,15-16H2,(H2,21,23,25)(H2,22,24,26). The Labute approximate surface area is 166 Å². The van der Waals surface area contributed by atoms with Gasteiger partial charge in [-0.15, -0.1) is 0 Å². The van der Waals surface area contributed by atoms with Gasteiger partial charge in [0.05, 0.1) is 0 Å². The average molecular weight is 387 g/mol. The molecule has 2 aromatic rings. The van der Waals surface area contributed by atoms with Crippen molar-refractivity contribution in [3.8, 4) is 0 Å². The summed E-state index contributed by atoms with van der Waals surface area (Å²) >= 11 is 10.6. The largest absolute Gasteiger partial charge is 0.362 e. The number of nitrogens with one attached hydrogen (secondary N) is 4. The number of hydrogen-bond donors (Lipinski definition) is 4. The fourth-order valence-electron chi connectivity index (χ4n) is 2.40. The van der Waals surface area contributed by atoms with Crippen molar-refractivity contribution < 1.29 is 0 Å². The summed E-state index contributed by atoms with van der Waals surface area (Å²) in [4.78, 5) is 0. The minimum Gasteiger partial charge on any atom is -0.362 e. The van der Waals surface area contributed by atoms with Gasteiger partial charge in [0.1, 0.15) is 0 Å². The van der Waals surface area contributed by atoms with Crippen LogP contribution in [0.2, 0.25) is 0 Å². The second kappa shape index (κ2) is 12.2. The van der Waals surface area contributed by atoms with Gasteiger partial charge in [-0.1, -0.05) is 49.2 Å². The molecule has 4 N–H and O–H groups in total. The Morgan fingerprint density at radius 2 is 0.962 bits per heavy atom. The number of para-hydroxylation sites is 2. The Morgan fingerprint density at radius 1 is 0.577 bits per heavy atom. The molecule has 0 bridgehead atoms. The van der Waals surface area contributed by atoms with Gasteiger partial charge in [0, 0.05) is 24.5 Å². The van der Waals surface area contributed by atoms with Crippen LogP contribution >= 0.6 is 24.4 Å². The third kappa shape index (κ3) is 8.78. The molecule has 0 aliphatic carbocycles. The van der Waals surface area contributed by atoms with E-state index in [2.05, 4.69) is 21.3 Å².